The monoisotopic (exact) mass is 462 g/mol. The minimum absolute atomic E-state index is 0.408. The molecule has 0 atom stereocenters. The fraction of sp³-hybridized carbons (Fsp3) is 0. The number of nitrogens with one attached hydrogen (secondary N) is 2. The van der Waals surface area contributed by atoms with Crippen molar-refractivity contribution >= 4 is 28.7 Å². The molecule has 0 fully saturated rings. The Hall–Kier alpha value is -4.85. The van der Waals surface area contributed by atoms with E-state index < -0.39 is 0 Å². The number of hydrogen-bond acceptors (Lipinski definition) is 5. The summed E-state index contributed by atoms with van der Waals surface area (Å²) in [5, 5.41) is 24.5. The van der Waals surface area contributed by atoms with Crippen molar-refractivity contribution < 1.29 is 9.47 Å². The molecule has 4 aromatic carbocycles. The molecule has 0 radical (unpaired) electrons. The van der Waals surface area contributed by atoms with Crippen LogP contribution in [0.15, 0.2) is 97.1 Å². The van der Waals surface area contributed by atoms with Gasteiger partial charge in [0.1, 0.15) is 23.0 Å². The molecule has 0 aromatic heterocycles. The molecule has 6 nitrogen and oxygen atoms in total. The second kappa shape index (κ2) is 10.6. The number of thiocarbonyl (C=S) groups is 1. The zero-order valence-corrected chi connectivity index (χ0v) is 18.7. The number of nitriles is 2. The molecule has 0 spiro atoms. The molecule has 4 rings (SSSR count). The van der Waals surface area contributed by atoms with Gasteiger partial charge in [0.2, 0.25) is 0 Å². The zero-order valence-electron chi connectivity index (χ0n) is 17.9. The van der Waals surface area contributed by atoms with Crippen LogP contribution in [0.5, 0.6) is 23.0 Å². The summed E-state index contributed by atoms with van der Waals surface area (Å²) in [5.41, 5.74) is 2.67. The summed E-state index contributed by atoms with van der Waals surface area (Å²) in [6, 6.07) is 32.8. The number of rotatable bonds is 6. The Morgan fingerprint density at radius 1 is 0.588 bits per heavy atom. The fourth-order valence-corrected chi connectivity index (χ4v) is 3.27. The van der Waals surface area contributed by atoms with Crippen LogP contribution in [0, 0.1) is 22.7 Å². The maximum absolute atomic E-state index is 8.91. The van der Waals surface area contributed by atoms with Crippen molar-refractivity contribution in [2.45, 2.75) is 0 Å². The predicted molar refractivity (Wildman–Crippen MR) is 135 cm³/mol. The van der Waals surface area contributed by atoms with E-state index in [0.29, 0.717) is 39.2 Å². The van der Waals surface area contributed by atoms with Crippen LogP contribution in [0.25, 0.3) is 0 Å². The summed E-state index contributed by atoms with van der Waals surface area (Å²) in [6.45, 7) is 0. The van der Waals surface area contributed by atoms with Crippen LogP contribution in [-0.4, -0.2) is 5.11 Å². The molecule has 0 saturated heterocycles. The molecule has 0 heterocycles. The summed E-state index contributed by atoms with van der Waals surface area (Å²) in [5.74, 6) is 2.54. The SMILES string of the molecule is N#Cc1ccc(Oc2cccc(NC(=S)Nc3cccc(Oc4ccc(C#N)cc4)c3)c2)cc1. The molecular weight excluding hydrogens is 444 g/mol. The van der Waals surface area contributed by atoms with Crippen LogP contribution >= 0.6 is 12.2 Å². The van der Waals surface area contributed by atoms with Gasteiger partial charge in [-0.1, -0.05) is 12.1 Å². The number of hydrogen-bond donors (Lipinski definition) is 2. The molecular formula is C27H18N4O2S. The van der Waals surface area contributed by atoms with Crippen molar-refractivity contribution in [3.8, 4) is 35.1 Å². The maximum atomic E-state index is 8.91. The van der Waals surface area contributed by atoms with E-state index in [4.69, 9.17) is 32.2 Å². The minimum atomic E-state index is 0.408. The Morgan fingerprint density at radius 2 is 1.00 bits per heavy atom. The van der Waals surface area contributed by atoms with E-state index in [1.54, 1.807) is 48.5 Å². The molecule has 0 aliphatic carbocycles. The molecule has 34 heavy (non-hydrogen) atoms. The summed E-state index contributed by atoms with van der Waals surface area (Å²) in [6.07, 6.45) is 0. The van der Waals surface area contributed by atoms with Gasteiger partial charge in [-0.3, -0.25) is 0 Å². The molecule has 7 heteroatoms. The van der Waals surface area contributed by atoms with Crippen molar-refractivity contribution in [3.05, 3.63) is 108 Å². The first kappa shape index (κ1) is 22.3. The Morgan fingerprint density at radius 3 is 1.38 bits per heavy atom. The lowest BCUT2D eigenvalue weighted by atomic mass is 10.2. The first-order valence-electron chi connectivity index (χ1n) is 10.3. The highest BCUT2D eigenvalue weighted by Gasteiger charge is 2.05. The third kappa shape index (κ3) is 6.10. The third-order valence-corrected chi connectivity index (χ3v) is 4.83. The largest absolute Gasteiger partial charge is 0.457 e. The highest BCUT2D eigenvalue weighted by molar-refractivity contribution is 7.80. The van der Waals surface area contributed by atoms with Crippen molar-refractivity contribution in [1.29, 1.82) is 10.5 Å². The van der Waals surface area contributed by atoms with E-state index >= 15 is 0 Å². The number of nitrogens with zero attached hydrogens (tertiary/aromatic N) is 2. The maximum Gasteiger partial charge on any atom is 0.175 e. The van der Waals surface area contributed by atoms with Crippen LogP contribution in [0.1, 0.15) is 11.1 Å². The van der Waals surface area contributed by atoms with E-state index in [0.717, 1.165) is 11.4 Å². The van der Waals surface area contributed by atoms with Crippen molar-refractivity contribution in [2.24, 2.45) is 0 Å². The highest BCUT2D eigenvalue weighted by atomic mass is 32.1. The van der Waals surface area contributed by atoms with Crippen molar-refractivity contribution in [2.75, 3.05) is 10.6 Å². The van der Waals surface area contributed by atoms with Gasteiger partial charge in [-0.05, 0) is 85.0 Å². The molecule has 0 amide bonds. The van der Waals surface area contributed by atoms with E-state index in [-0.39, 0.29) is 0 Å². The Balaban J connectivity index is 1.37. The average molecular weight is 463 g/mol. The Labute approximate surface area is 202 Å². The molecule has 0 aliphatic heterocycles. The lowest BCUT2D eigenvalue weighted by Gasteiger charge is -2.13. The van der Waals surface area contributed by atoms with Crippen molar-refractivity contribution in [1.82, 2.24) is 0 Å². The standard InChI is InChI=1S/C27H18N4O2S/c28-17-19-7-11-23(12-8-19)32-25-5-1-3-21(15-25)30-27(34)31-22-4-2-6-26(16-22)33-24-13-9-20(18-29)10-14-24/h1-16H,(H2,30,31,34). The normalized spacial score (nSPS) is 9.82. The first-order chi connectivity index (χ1) is 16.6. The van der Waals surface area contributed by atoms with Crippen LogP contribution in [0.3, 0.4) is 0 Å². The van der Waals surface area contributed by atoms with Crippen LogP contribution in [0.4, 0.5) is 11.4 Å². The molecule has 4 aromatic rings. The van der Waals surface area contributed by atoms with E-state index in [9.17, 15) is 0 Å². The van der Waals surface area contributed by atoms with Gasteiger partial charge in [0.15, 0.2) is 5.11 Å². The van der Waals surface area contributed by atoms with Crippen LogP contribution < -0.4 is 20.1 Å². The summed E-state index contributed by atoms with van der Waals surface area (Å²) >= 11 is 5.45. The van der Waals surface area contributed by atoms with Gasteiger partial charge in [-0.2, -0.15) is 10.5 Å². The molecule has 0 saturated carbocycles. The van der Waals surface area contributed by atoms with Crippen LogP contribution in [0.2, 0.25) is 0 Å². The topological polar surface area (TPSA) is 90.1 Å². The third-order valence-electron chi connectivity index (χ3n) is 4.62. The minimum Gasteiger partial charge on any atom is -0.457 e. The summed E-state index contributed by atoms with van der Waals surface area (Å²) in [4.78, 5) is 0. The number of anilines is 2. The Kier molecular flexibility index (Phi) is 7.00. The highest BCUT2D eigenvalue weighted by Crippen LogP contribution is 2.26. The lowest BCUT2D eigenvalue weighted by molar-refractivity contribution is 0.482. The second-order valence-electron chi connectivity index (χ2n) is 7.11. The number of ether oxygens (including phenoxy) is 2. The second-order valence-corrected chi connectivity index (χ2v) is 7.52. The van der Waals surface area contributed by atoms with Gasteiger partial charge in [-0.15, -0.1) is 0 Å². The number of benzene rings is 4. The van der Waals surface area contributed by atoms with Gasteiger partial charge in [0.25, 0.3) is 0 Å². The molecule has 0 unspecified atom stereocenters. The molecule has 2 N–H and O–H groups in total. The average Bonchev–Trinajstić information content (AvgIpc) is 2.85. The lowest BCUT2D eigenvalue weighted by Crippen LogP contribution is -2.18. The van der Waals surface area contributed by atoms with E-state index in [1.165, 1.54) is 0 Å². The first-order valence-corrected chi connectivity index (χ1v) is 10.7. The molecule has 0 aliphatic rings. The van der Waals surface area contributed by atoms with Gasteiger partial charge in [-0.25, -0.2) is 0 Å². The summed E-state index contributed by atoms with van der Waals surface area (Å²) in [7, 11) is 0. The van der Waals surface area contributed by atoms with E-state index in [2.05, 4.69) is 22.8 Å². The van der Waals surface area contributed by atoms with Gasteiger partial charge in [0.05, 0.1) is 23.3 Å². The zero-order chi connectivity index (χ0) is 23.8. The molecule has 164 valence electrons. The van der Waals surface area contributed by atoms with Gasteiger partial charge in [0, 0.05) is 23.5 Å². The summed E-state index contributed by atoms with van der Waals surface area (Å²) < 4.78 is 11.7. The van der Waals surface area contributed by atoms with E-state index in [1.807, 2.05) is 48.5 Å². The fourth-order valence-electron chi connectivity index (χ4n) is 3.04. The van der Waals surface area contributed by atoms with Crippen LogP contribution in [-0.2, 0) is 0 Å². The Bertz CT molecular complexity index is 1280. The smallest absolute Gasteiger partial charge is 0.175 e. The van der Waals surface area contributed by atoms with Gasteiger partial charge < -0.3 is 20.1 Å². The quantitative estimate of drug-likeness (QED) is 0.304. The van der Waals surface area contributed by atoms with Crippen molar-refractivity contribution in [3.63, 3.8) is 0 Å². The molecule has 0 bridgehead atoms. The van der Waals surface area contributed by atoms with Gasteiger partial charge >= 0.3 is 0 Å². The predicted octanol–water partition coefficient (Wildman–Crippen LogP) is 6.82.